The lowest BCUT2D eigenvalue weighted by molar-refractivity contribution is -0.384. The summed E-state index contributed by atoms with van der Waals surface area (Å²) in [6.45, 7) is 0.601. The molecule has 0 saturated carbocycles. The van der Waals surface area contributed by atoms with Crippen molar-refractivity contribution in [3.63, 3.8) is 0 Å². The largest absolute Gasteiger partial charge is 0.322 e. The highest BCUT2D eigenvalue weighted by atomic mass is 35.5. The van der Waals surface area contributed by atoms with E-state index in [4.69, 9.17) is 11.6 Å². The van der Waals surface area contributed by atoms with Crippen LogP contribution in [0.3, 0.4) is 0 Å². The normalized spacial score (nSPS) is 17.3. The fourth-order valence-corrected chi connectivity index (χ4v) is 3.94. The van der Waals surface area contributed by atoms with E-state index in [9.17, 15) is 14.9 Å². The fraction of sp³-hybridized carbons (Fsp3) is 0.200. The lowest BCUT2D eigenvalue weighted by atomic mass is 10.1. The van der Waals surface area contributed by atoms with Crippen LogP contribution in [0.25, 0.3) is 0 Å². The van der Waals surface area contributed by atoms with Crippen LogP contribution >= 0.6 is 23.4 Å². The van der Waals surface area contributed by atoms with Gasteiger partial charge in [0.2, 0.25) is 0 Å². The van der Waals surface area contributed by atoms with Crippen LogP contribution in [0.1, 0.15) is 21.3 Å². The molecule has 23 heavy (non-hydrogen) atoms. The summed E-state index contributed by atoms with van der Waals surface area (Å²) in [5.74, 6) is 0.597. The molecule has 0 aliphatic carbocycles. The van der Waals surface area contributed by atoms with E-state index in [1.807, 2.05) is 12.1 Å². The number of thioether (sulfide) groups is 1. The van der Waals surface area contributed by atoms with Crippen molar-refractivity contribution in [3.05, 3.63) is 69.0 Å². The molecule has 1 fully saturated rings. The molecule has 1 aliphatic heterocycles. The van der Waals surface area contributed by atoms with E-state index in [-0.39, 0.29) is 27.6 Å². The topological polar surface area (TPSA) is 76.3 Å². The highest BCUT2D eigenvalue weighted by molar-refractivity contribution is 7.99. The van der Waals surface area contributed by atoms with Crippen LogP contribution < -0.4 is 0 Å². The average molecular weight is 350 g/mol. The number of non-ortho nitro benzene ring substituents is 1. The molecule has 0 N–H and O–H groups in total. The second-order valence-corrected chi connectivity index (χ2v) is 6.52. The number of nitro benzene ring substituents is 1. The molecule has 1 saturated heterocycles. The van der Waals surface area contributed by atoms with Crippen molar-refractivity contribution in [3.8, 4) is 0 Å². The number of nitrogens with zero attached hydrogens (tertiary/aromatic N) is 3. The van der Waals surface area contributed by atoms with Gasteiger partial charge in [-0.2, -0.15) is 0 Å². The number of nitro groups is 1. The van der Waals surface area contributed by atoms with Gasteiger partial charge in [-0.15, -0.1) is 11.8 Å². The number of halogens is 1. The van der Waals surface area contributed by atoms with Crippen molar-refractivity contribution >= 4 is 35.0 Å². The van der Waals surface area contributed by atoms with Crippen LogP contribution in [-0.2, 0) is 0 Å². The van der Waals surface area contributed by atoms with Crippen LogP contribution in [0, 0.1) is 10.1 Å². The van der Waals surface area contributed by atoms with Gasteiger partial charge >= 0.3 is 0 Å². The highest BCUT2D eigenvalue weighted by Gasteiger charge is 2.32. The third-order valence-corrected chi connectivity index (χ3v) is 5.11. The summed E-state index contributed by atoms with van der Waals surface area (Å²) >= 11 is 7.74. The van der Waals surface area contributed by atoms with E-state index in [2.05, 4.69) is 4.98 Å². The smallest absolute Gasteiger partial charge is 0.270 e. The molecule has 1 aromatic carbocycles. The van der Waals surface area contributed by atoms with Gasteiger partial charge in [0, 0.05) is 36.8 Å². The Labute approximate surface area is 141 Å². The number of hydrogen-bond acceptors (Lipinski definition) is 5. The number of hydrogen-bond donors (Lipinski definition) is 0. The summed E-state index contributed by atoms with van der Waals surface area (Å²) in [6, 6.07) is 7.67. The lowest BCUT2D eigenvalue weighted by Gasteiger charge is -2.24. The number of aromatic nitrogens is 1. The molecule has 0 radical (unpaired) electrons. The molecule has 1 aliphatic rings. The minimum atomic E-state index is -0.536. The molecular weight excluding hydrogens is 338 g/mol. The zero-order valence-electron chi connectivity index (χ0n) is 11.9. The maximum absolute atomic E-state index is 12.8. The number of carbonyl (C=O) groups excluding carboxylic acids is 1. The van der Waals surface area contributed by atoms with Crippen LogP contribution in [-0.4, -0.2) is 33.0 Å². The molecule has 2 heterocycles. The molecule has 6 nitrogen and oxygen atoms in total. The highest BCUT2D eigenvalue weighted by Crippen LogP contribution is 2.39. The second-order valence-electron chi connectivity index (χ2n) is 4.92. The lowest BCUT2D eigenvalue weighted by Crippen LogP contribution is -2.30. The van der Waals surface area contributed by atoms with Gasteiger partial charge in [0.15, 0.2) is 0 Å². The molecule has 8 heteroatoms. The standard InChI is InChI=1S/C15H12ClN3O3S/c16-13-9-11(19(21)22)1-2-12(13)14(20)18-7-8-23-15(18)10-3-5-17-6-4-10/h1-6,9,15H,7-8H2. The minimum Gasteiger partial charge on any atom is -0.322 e. The first-order valence-corrected chi connectivity index (χ1v) is 8.27. The summed E-state index contributed by atoms with van der Waals surface area (Å²) in [5, 5.41) is 10.8. The first-order valence-electron chi connectivity index (χ1n) is 6.84. The Kier molecular flexibility index (Phi) is 4.49. The Hall–Kier alpha value is -2.12. The van der Waals surface area contributed by atoms with Crippen molar-refractivity contribution in [2.75, 3.05) is 12.3 Å². The van der Waals surface area contributed by atoms with Crippen molar-refractivity contribution in [1.82, 2.24) is 9.88 Å². The van der Waals surface area contributed by atoms with Gasteiger partial charge in [-0.05, 0) is 23.8 Å². The summed E-state index contributed by atoms with van der Waals surface area (Å²) in [4.78, 5) is 28.7. The minimum absolute atomic E-state index is 0.0922. The van der Waals surface area contributed by atoms with Crippen molar-refractivity contribution < 1.29 is 9.72 Å². The fourth-order valence-electron chi connectivity index (χ4n) is 2.43. The number of pyridine rings is 1. The van der Waals surface area contributed by atoms with E-state index in [0.717, 1.165) is 11.3 Å². The van der Waals surface area contributed by atoms with Crippen molar-refractivity contribution in [2.45, 2.75) is 5.37 Å². The number of rotatable bonds is 3. The quantitative estimate of drug-likeness (QED) is 0.625. The molecule has 2 aromatic rings. The SMILES string of the molecule is O=C(c1ccc([N+](=O)[O-])cc1Cl)N1CCSC1c1ccncc1. The van der Waals surface area contributed by atoms with E-state index in [1.54, 1.807) is 29.1 Å². The zero-order chi connectivity index (χ0) is 16.4. The average Bonchev–Trinajstić information content (AvgIpc) is 3.04. The Morgan fingerprint density at radius 2 is 2.09 bits per heavy atom. The van der Waals surface area contributed by atoms with Gasteiger partial charge in [0.05, 0.1) is 15.5 Å². The van der Waals surface area contributed by atoms with Crippen molar-refractivity contribution in [1.29, 1.82) is 0 Å². The summed E-state index contributed by atoms with van der Waals surface area (Å²) in [7, 11) is 0. The van der Waals surface area contributed by atoms with E-state index in [0.29, 0.717) is 6.54 Å². The van der Waals surface area contributed by atoms with Gasteiger partial charge in [-0.25, -0.2) is 0 Å². The molecule has 1 atom stereocenters. The first-order chi connectivity index (χ1) is 11.1. The predicted molar refractivity (Wildman–Crippen MR) is 88.6 cm³/mol. The summed E-state index contributed by atoms with van der Waals surface area (Å²) in [5.41, 5.74) is 1.14. The Bertz CT molecular complexity index is 757. The monoisotopic (exact) mass is 349 g/mol. The molecule has 1 amide bonds. The van der Waals surface area contributed by atoms with E-state index in [1.165, 1.54) is 18.2 Å². The summed E-state index contributed by atoms with van der Waals surface area (Å²) in [6.07, 6.45) is 3.38. The molecule has 0 spiro atoms. The predicted octanol–water partition coefficient (Wildman–Crippen LogP) is 3.53. The molecule has 1 unspecified atom stereocenters. The third-order valence-electron chi connectivity index (χ3n) is 3.54. The number of amides is 1. The van der Waals surface area contributed by atoms with Gasteiger partial charge in [-0.3, -0.25) is 19.9 Å². The van der Waals surface area contributed by atoms with E-state index < -0.39 is 4.92 Å². The van der Waals surface area contributed by atoms with Gasteiger partial charge < -0.3 is 4.90 Å². The molecular formula is C15H12ClN3O3S. The number of carbonyl (C=O) groups is 1. The number of benzene rings is 1. The van der Waals surface area contributed by atoms with Gasteiger partial charge in [0.1, 0.15) is 5.37 Å². The molecule has 118 valence electrons. The molecule has 0 bridgehead atoms. The summed E-state index contributed by atoms with van der Waals surface area (Å²) < 4.78 is 0. The molecule has 3 rings (SSSR count). The Balaban J connectivity index is 1.89. The van der Waals surface area contributed by atoms with Crippen LogP contribution in [0.4, 0.5) is 5.69 Å². The van der Waals surface area contributed by atoms with Crippen molar-refractivity contribution in [2.24, 2.45) is 0 Å². The van der Waals surface area contributed by atoms with Crippen LogP contribution in [0.5, 0.6) is 0 Å². The van der Waals surface area contributed by atoms with Crippen LogP contribution in [0.2, 0.25) is 5.02 Å². The van der Waals surface area contributed by atoms with E-state index >= 15 is 0 Å². The maximum atomic E-state index is 12.8. The Morgan fingerprint density at radius 3 is 2.74 bits per heavy atom. The van der Waals surface area contributed by atoms with Crippen LogP contribution in [0.15, 0.2) is 42.7 Å². The maximum Gasteiger partial charge on any atom is 0.270 e. The van der Waals surface area contributed by atoms with Gasteiger partial charge in [0.25, 0.3) is 11.6 Å². The first kappa shape index (κ1) is 15.8. The van der Waals surface area contributed by atoms with Gasteiger partial charge in [-0.1, -0.05) is 11.6 Å². The zero-order valence-corrected chi connectivity index (χ0v) is 13.5. The Morgan fingerprint density at radius 1 is 1.35 bits per heavy atom. The second kappa shape index (κ2) is 6.55. The molecule has 1 aromatic heterocycles. The third kappa shape index (κ3) is 3.16.